The van der Waals surface area contributed by atoms with E-state index in [9.17, 15) is 0 Å². The van der Waals surface area contributed by atoms with Gasteiger partial charge in [-0.2, -0.15) is 0 Å². The Hall–Kier alpha value is -0.610. The first-order valence-electron chi connectivity index (χ1n) is 7.12. The van der Waals surface area contributed by atoms with Gasteiger partial charge < -0.3 is 5.73 Å². The van der Waals surface area contributed by atoms with Gasteiger partial charge in [0.05, 0.1) is 5.03 Å². The summed E-state index contributed by atoms with van der Waals surface area (Å²) in [4.78, 5) is 4.77. The second-order valence-corrected chi connectivity index (χ2v) is 6.27. The summed E-state index contributed by atoms with van der Waals surface area (Å²) in [6.45, 7) is 2.25. The third-order valence-electron chi connectivity index (χ3n) is 3.02. The van der Waals surface area contributed by atoms with Crippen molar-refractivity contribution in [2.75, 3.05) is 5.75 Å². The minimum atomic E-state index is 0.445. The fourth-order valence-corrected chi connectivity index (χ4v) is 2.91. The van der Waals surface area contributed by atoms with Crippen molar-refractivity contribution in [1.29, 1.82) is 0 Å². The van der Waals surface area contributed by atoms with Crippen LogP contribution in [0.2, 0.25) is 0 Å². The van der Waals surface area contributed by atoms with Gasteiger partial charge in [-0.15, -0.1) is 11.8 Å². The molecule has 1 aromatic rings. The molecule has 19 heavy (non-hydrogen) atoms. The highest BCUT2D eigenvalue weighted by Gasteiger charge is 2.00. The number of nitrogens with two attached hydrogens (primary N) is 1. The van der Waals surface area contributed by atoms with E-state index in [1.54, 1.807) is 18.0 Å². The van der Waals surface area contributed by atoms with Gasteiger partial charge in [0.2, 0.25) is 0 Å². The average Bonchev–Trinajstić information content (AvgIpc) is 2.42. The molecule has 2 N–H and O–H groups in total. The highest BCUT2D eigenvalue weighted by molar-refractivity contribution is 7.99. The SMILES string of the molecule is CCCCCCCCCSc1cc(C(N)=S)ccn1. The molecule has 0 unspecified atom stereocenters. The second-order valence-electron chi connectivity index (χ2n) is 4.72. The molecular formula is C15H24N2S2. The van der Waals surface area contributed by atoms with E-state index in [-0.39, 0.29) is 0 Å². The van der Waals surface area contributed by atoms with Crippen molar-refractivity contribution in [1.82, 2.24) is 4.98 Å². The monoisotopic (exact) mass is 296 g/mol. The standard InChI is InChI=1S/C15H24N2S2/c1-2-3-4-5-6-7-8-11-19-14-12-13(15(16)18)9-10-17-14/h9-10,12H,2-8,11H2,1H3,(H2,16,18). The van der Waals surface area contributed by atoms with Crippen molar-refractivity contribution in [3.05, 3.63) is 23.9 Å². The third-order valence-corrected chi connectivity index (χ3v) is 4.26. The lowest BCUT2D eigenvalue weighted by molar-refractivity contribution is 0.603. The number of nitrogens with zero attached hydrogens (tertiary/aromatic N) is 1. The summed E-state index contributed by atoms with van der Waals surface area (Å²) in [6, 6.07) is 3.84. The van der Waals surface area contributed by atoms with Crippen molar-refractivity contribution < 1.29 is 0 Å². The molecule has 0 bridgehead atoms. The van der Waals surface area contributed by atoms with Gasteiger partial charge in [-0.3, -0.25) is 0 Å². The van der Waals surface area contributed by atoms with E-state index >= 15 is 0 Å². The Balaban J connectivity index is 2.12. The molecule has 2 nitrogen and oxygen atoms in total. The Labute approximate surface area is 126 Å². The number of thiocarbonyl (C=S) groups is 1. The lowest BCUT2D eigenvalue weighted by Crippen LogP contribution is -2.09. The number of hydrogen-bond acceptors (Lipinski definition) is 3. The molecule has 106 valence electrons. The van der Waals surface area contributed by atoms with E-state index in [1.165, 1.54) is 44.9 Å². The normalized spacial score (nSPS) is 10.6. The van der Waals surface area contributed by atoms with Gasteiger partial charge in [-0.25, -0.2) is 4.98 Å². The molecule has 0 aromatic carbocycles. The van der Waals surface area contributed by atoms with Crippen LogP contribution in [0.3, 0.4) is 0 Å². The lowest BCUT2D eigenvalue weighted by atomic mass is 10.1. The van der Waals surface area contributed by atoms with E-state index in [0.29, 0.717) is 4.99 Å². The van der Waals surface area contributed by atoms with E-state index in [2.05, 4.69) is 11.9 Å². The van der Waals surface area contributed by atoms with Crippen molar-refractivity contribution >= 4 is 29.0 Å². The zero-order valence-electron chi connectivity index (χ0n) is 11.7. The van der Waals surface area contributed by atoms with Crippen molar-refractivity contribution in [3.63, 3.8) is 0 Å². The third kappa shape index (κ3) is 7.53. The Bertz CT molecular complexity index is 380. The summed E-state index contributed by atoms with van der Waals surface area (Å²) in [6.07, 6.45) is 11.2. The van der Waals surface area contributed by atoms with Crippen LogP contribution in [0.25, 0.3) is 0 Å². The molecule has 0 saturated carbocycles. The minimum Gasteiger partial charge on any atom is -0.389 e. The summed E-state index contributed by atoms with van der Waals surface area (Å²) in [7, 11) is 0. The molecule has 1 heterocycles. The molecule has 0 aliphatic rings. The molecule has 0 fully saturated rings. The molecular weight excluding hydrogens is 272 g/mol. The fourth-order valence-electron chi connectivity index (χ4n) is 1.88. The Kier molecular flexibility index (Phi) is 8.84. The maximum Gasteiger partial charge on any atom is 0.104 e. The van der Waals surface area contributed by atoms with Crippen LogP contribution in [0.1, 0.15) is 57.4 Å². The summed E-state index contributed by atoms with van der Waals surface area (Å²) >= 11 is 6.76. The average molecular weight is 297 g/mol. The summed E-state index contributed by atoms with van der Waals surface area (Å²) in [5.41, 5.74) is 6.52. The summed E-state index contributed by atoms with van der Waals surface area (Å²) < 4.78 is 0. The van der Waals surface area contributed by atoms with Gasteiger partial charge in [-0.05, 0) is 24.3 Å². The van der Waals surface area contributed by atoms with Crippen LogP contribution in [0.5, 0.6) is 0 Å². The quantitative estimate of drug-likeness (QED) is 0.390. The largest absolute Gasteiger partial charge is 0.389 e. The van der Waals surface area contributed by atoms with E-state index in [0.717, 1.165) is 16.3 Å². The fraction of sp³-hybridized carbons (Fsp3) is 0.600. The molecule has 1 rings (SSSR count). The molecule has 1 aromatic heterocycles. The topological polar surface area (TPSA) is 38.9 Å². The van der Waals surface area contributed by atoms with Crippen LogP contribution >= 0.6 is 24.0 Å². The first-order chi connectivity index (χ1) is 9.24. The van der Waals surface area contributed by atoms with Gasteiger partial charge in [-0.1, -0.05) is 57.7 Å². The highest BCUT2D eigenvalue weighted by atomic mass is 32.2. The van der Waals surface area contributed by atoms with E-state index < -0.39 is 0 Å². The maximum absolute atomic E-state index is 5.61. The van der Waals surface area contributed by atoms with E-state index in [4.69, 9.17) is 18.0 Å². The molecule has 0 saturated heterocycles. The number of rotatable bonds is 10. The predicted octanol–water partition coefficient (Wildman–Crippen LogP) is 4.56. The zero-order valence-corrected chi connectivity index (χ0v) is 13.4. The molecule has 0 atom stereocenters. The Morgan fingerprint density at radius 3 is 2.58 bits per heavy atom. The smallest absolute Gasteiger partial charge is 0.104 e. The summed E-state index contributed by atoms with van der Waals surface area (Å²) in [5, 5.41) is 1.02. The lowest BCUT2D eigenvalue weighted by Gasteiger charge is -2.03. The molecule has 4 heteroatoms. The van der Waals surface area contributed by atoms with Gasteiger partial charge in [0.15, 0.2) is 0 Å². The van der Waals surface area contributed by atoms with Gasteiger partial charge in [0.25, 0.3) is 0 Å². The number of aromatic nitrogens is 1. The van der Waals surface area contributed by atoms with Crippen LogP contribution in [0.4, 0.5) is 0 Å². The number of hydrogen-bond donors (Lipinski definition) is 1. The maximum atomic E-state index is 5.61. The van der Waals surface area contributed by atoms with Crippen molar-refractivity contribution in [2.24, 2.45) is 5.73 Å². The molecule has 0 radical (unpaired) electrons. The van der Waals surface area contributed by atoms with Gasteiger partial charge in [0, 0.05) is 11.8 Å². The number of thioether (sulfide) groups is 1. The van der Waals surface area contributed by atoms with Crippen LogP contribution in [0, 0.1) is 0 Å². The molecule has 0 aliphatic carbocycles. The Morgan fingerprint density at radius 1 is 1.21 bits per heavy atom. The van der Waals surface area contributed by atoms with E-state index in [1.807, 2.05) is 12.1 Å². The number of pyridine rings is 1. The van der Waals surface area contributed by atoms with Crippen LogP contribution in [-0.2, 0) is 0 Å². The van der Waals surface area contributed by atoms with Gasteiger partial charge in [0.1, 0.15) is 4.99 Å². The molecule has 0 spiro atoms. The van der Waals surface area contributed by atoms with Gasteiger partial charge >= 0.3 is 0 Å². The second kappa shape index (κ2) is 10.2. The highest BCUT2D eigenvalue weighted by Crippen LogP contribution is 2.18. The van der Waals surface area contributed by atoms with Crippen molar-refractivity contribution in [2.45, 2.75) is 56.9 Å². The number of unbranched alkanes of at least 4 members (excludes halogenated alkanes) is 6. The first kappa shape index (κ1) is 16.4. The van der Waals surface area contributed by atoms with Crippen LogP contribution in [-0.4, -0.2) is 15.7 Å². The van der Waals surface area contributed by atoms with Crippen LogP contribution < -0.4 is 5.73 Å². The molecule has 0 aliphatic heterocycles. The zero-order chi connectivity index (χ0) is 13.9. The van der Waals surface area contributed by atoms with Crippen LogP contribution in [0.15, 0.2) is 23.4 Å². The van der Waals surface area contributed by atoms with Crippen molar-refractivity contribution in [3.8, 4) is 0 Å². The predicted molar refractivity (Wildman–Crippen MR) is 88.8 cm³/mol. The first-order valence-corrected chi connectivity index (χ1v) is 8.52. The minimum absolute atomic E-state index is 0.445. The Morgan fingerprint density at radius 2 is 1.89 bits per heavy atom. The summed E-state index contributed by atoms with van der Waals surface area (Å²) in [5.74, 6) is 1.13. The molecule has 0 amide bonds.